The Morgan fingerprint density at radius 1 is 1.44 bits per heavy atom. The van der Waals surface area contributed by atoms with E-state index in [-0.39, 0.29) is 6.10 Å². The first-order valence-corrected chi connectivity index (χ1v) is 6.14. The van der Waals surface area contributed by atoms with E-state index in [0.717, 1.165) is 35.8 Å². The molecule has 0 saturated carbocycles. The fourth-order valence-corrected chi connectivity index (χ4v) is 1.56. The highest BCUT2D eigenvalue weighted by molar-refractivity contribution is 6.31. The molecule has 0 aliphatic carbocycles. The number of hydrogen-bond donors (Lipinski definition) is 1. The fraction of sp³-hybridized carbons (Fsp3) is 0.538. The van der Waals surface area contributed by atoms with E-state index in [4.69, 9.17) is 16.3 Å². The van der Waals surface area contributed by atoms with Crippen molar-refractivity contribution in [3.8, 4) is 5.75 Å². The third-order valence-corrected chi connectivity index (χ3v) is 2.75. The first-order valence-electron chi connectivity index (χ1n) is 5.77. The summed E-state index contributed by atoms with van der Waals surface area (Å²) in [6, 6.07) is 5.75. The monoisotopic (exact) mass is 241 g/mol. The lowest BCUT2D eigenvalue weighted by Crippen LogP contribution is -2.29. The molecule has 0 aromatic heterocycles. The van der Waals surface area contributed by atoms with Crippen LogP contribution >= 0.6 is 11.6 Å². The minimum Gasteiger partial charge on any atom is -0.489 e. The number of rotatable bonds is 6. The largest absolute Gasteiger partial charge is 0.489 e. The van der Waals surface area contributed by atoms with E-state index in [1.807, 2.05) is 25.1 Å². The van der Waals surface area contributed by atoms with E-state index in [1.165, 1.54) is 0 Å². The number of benzene rings is 1. The van der Waals surface area contributed by atoms with Crippen LogP contribution in [0, 0.1) is 6.92 Å². The molecule has 0 spiro atoms. The molecule has 0 radical (unpaired) electrons. The van der Waals surface area contributed by atoms with Crippen LogP contribution in [0.25, 0.3) is 0 Å². The van der Waals surface area contributed by atoms with Crippen molar-refractivity contribution in [1.29, 1.82) is 0 Å². The highest BCUT2D eigenvalue weighted by Crippen LogP contribution is 2.21. The van der Waals surface area contributed by atoms with Crippen molar-refractivity contribution in [2.24, 2.45) is 0 Å². The number of hydrogen-bond acceptors (Lipinski definition) is 2. The molecule has 90 valence electrons. The number of ether oxygens (including phenoxy) is 1. The molecule has 16 heavy (non-hydrogen) atoms. The summed E-state index contributed by atoms with van der Waals surface area (Å²) in [6.07, 6.45) is 1.32. The van der Waals surface area contributed by atoms with Crippen molar-refractivity contribution in [3.63, 3.8) is 0 Å². The zero-order chi connectivity index (χ0) is 12.0. The molecule has 0 aliphatic rings. The van der Waals surface area contributed by atoms with Gasteiger partial charge in [0.05, 0.1) is 0 Å². The zero-order valence-electron chi connectivity index (χ0n) is 10.2. The van der Waals surface area contributed by atoms with Crippen LogP contribution in [0.1, 0.15) is 25.8 Å². The lowest BCUT2D eigenvalue weighted by molar-refractivity contribution is 0.217. The molecule has 1 unspecified atom stereocenters. The summed E-state index contributed by atoms with van der Waals surface area (Å²) in [5.74, 6) is 0.882. The van der Waals surface area contributed by atoms with Gasteiger partial charge in [-0.3, -0.25) is 0 Å². The molecule has 1 rings (SSSR count). The summed E-state index contributed by atoms with van der Waals surface area (Å²) in [4.78, 5) is 0. The summed E-state index contributed by atoms with van der Waals surface area (Å²) in [5.41, 5.74) is 1.05. The highest BCUT2D eigenvalue weighted by atomic mass is 35.5. The Kier molecular flexibility index (Phi) is 5.64. The van der Waals surface area contributed by atoms with Gasteiger partial charge in [0, 0.05) is 11.6 Å². The van der Waals surface area contributed by atoms with Crippen LogP contribution in [-0.4, -0.2) is 19.2 Å². The van der Waals surface area contributed by atoms with E-state index in [9.17, 15) is 0 Å². The van der Waals surface area contributed by atoms with Crippen LogP contribution in [0.2, 0.25) is 5.02 Å². The van der Waals surface area contributed by atoms with Gasteiger partial charge in [-0.2, -0.15) is 0 Å². The molecule has 1 atom stereocenters. The predicted molar refractivity (Wildman–Crippen MR) is 69.4 cm³/mol. The maximum absolute atomic E-state index is 5.95. The lowest BCUT2D eigenvalue weighted by Gasteiger charge is -2.15. The Balaban J connectivity index is 2.43. The van der Waals surface area contributed by atoms with Crippen LogP contribution < -0.4 is 10.1 Å². The number of nitrogens with one attached hydrogen (secondary N) is 1. The van der Waals surface area contributed by atoms with E-state index >= 15 is 0 Å². The Hall–Kier alpha value is -0.730. The summed E-state index contributed by atoms with van der Waals surface area (Å²) in [5, 5.41) is 4.11. The second-order valence-corrected chi connectivity index (χ2v) is 4.45. The standard InChI is InChI=1S/C13H20ClNO/c1-4-7-15-9-11(3)16-12-5-6-13(14)10(2)8-12/h5-6,8,11,15H,4,7,9H2,1-3H3. The van der Waals surface area contributed by atoms with Crippen LogP contribution in [-0.2, 0) is 0 Å². The average Bonchev–Trinajstić information content (AvgIpc) is 2.24. The molecule has 0 amide bonds. The number of aryl methyl sites for hydroxylation is 1. The molecular weight excluding hydrogens is 222 g/mol. The summed E-state index contributed by atoms with van der Waals surface area (Å²) in [7, 11) is 0. The van der Waals surface area contributed by atoms with Crippen molar-refractivity contribution >= 4 is 11.6 Å². The normalized spacial score (nSPS) is 12.5. The van der Waals surface area contributed by atoms with E-state index < -0.39 is 0 Å². The summed E-state index contributed by atoms with van der Waals surface area (Å²) < 4.78 is 5.78. The first-order chi connectivity index (χ1) is 7.63. The smallest absolute Gasteiger partial charge is 0.120 e. The number of halogens is 1. The van der Waals surface area contributed by atoms with Crippen LogP contribution in [0.5, 0.6) is 5.75 Å². The molecule has 0 saturated heterocycles. The molecule has 0 aliphatic heterocycles. The van der Waals surface area contributed by atoms with Crippen LogP contribution in [0.4, 0.5) is 0 Å². The second kappa shape index (κ2) is 6.77. The van der Waals surface area contributed by atoms with Crippen molar-refractivity contribution in [2.75, 3.05) is 13.1 Å². The predicted octanol–water partition coefficient (Wildman–Crippen LogP) is 3.42. The zero-order valence-corrected chi connectivity index (χ0v) is 11.0. The fourth-order valence-electron chi connectivity index (χ4n) is 1.45. The van der Waals surface area contributed by atoms with Crippen molar-refractivity contribution in [3.05, 3.63) is 28.8 Å². The Morgan fingerprint density at radius 3 is 2.81 bits per heavy atom. The van der Waals surface area contributed by atoms with Gasteiger partial charge >= 0.3 is 0 Å². The molecule has 0 bridgehead atoms. The van der Waals surface area contributed by atoms with Crippen LogP contribution in [0.3, 0.4) is 0 Å². The maximum Gasteiger partial charge on any atom is 0.120 e. The Bertz CT molecular complexity index is 328. The quantitative estimate of drug-likeness (QED) is 0.771. The minimum atomic E-state index is 0.173. The van der Waals surface area contributed by atoms with Gasteiger partial charge in [-0.1, -0.05) is 18.5 Å². The van der Waals surface area contributed by atoms with Gasteiger partial charge in [-0.25, -0.2) is 0 Å². The topological polar surface area (TPSA) is 21.3 Å². The van der Waals surface area contributed by atoms with Gasteiger partial charge in [-0.05, 0) is 50.6 Å². The molecule has 1 N–H and O–H groups in total. The second-order valence-electron chi connectivity index (χ2n) is 4.04. The van der Waals surface area contributed by atoms with Gasteiger partial charge in [0.15, 0.2) is 0 Å². The van der Waals surface area contributed by atoms with Gasteiger partial charge in [0.25, 0.3) is 0 Å². The van der Waals surface area contributed by atoms with E-state index in [2.05, 4.69) is 19.2 Å². The van der Waals surface area contributed by atoms with E-state index in [0.29, 0.717) is 0 Å². The average molecular weight is 242 g/mol. The molecule has 1 aromatic carbocycles. The van der Waals surface area contributed by atoms with Gasteiger partial charge in [-0.15, -0.1) is 0 Å². The molecule has 0 heterocycles. The molecule has 2 nitrogen and oxygen atoms in total. The molecule has 0 fully saturated rings. The van der Waals surface area contributed by atoms with Crippen molar-refractivity contribution < 1.29 is 4.74 Å². The maximum atomic E-state index is 5.95. The molecule has 1 aromatic rings. The Labute approximate surface area is 103 Å². The van der Waals surface area contributed by atoms with Crippen LogP contribution in [0.15, 0.2) is 18.2 Å². The molecular formula is C13H20ClNO. The van der Waals surface area contributed by atoms with Gasteiger partial charge < -0.3 is 10.1 Å². The van der Waals surface area contributed by atoms with Crippen molar-refractivity contribution in [1.82, 2.24) is 5.32 Å². The molecule has 3 heteroatoms. The first kappa shape index (κ1) is 13.3. The summed E-state index contributed by atoms with van der Waals surface area (Å²) >= 11 is 5.95. The van der Waals surface area contributed by atoms with Crippen molar-refractivity contribution in [2.45, 2.75) is 33.3 Å². The third-order valence-electron chi connectivity index (χ3n) is 2.33. The Morgan fingerprint density at radius 2 is 2.19 bits per heavy atom. The highest BCUT2D eigenvalue weighted by Gasteiger charge is 2.04. The summed E-state index contributed by atoms with van der Waals surface area (Å²) in [6.45, 7) is 8.10. The minimum absolute atomic E-state index is 0.173. The third kappa shape index (κ3) is 4.42. The lowest BCUT2D eigenvalue weighted by atomic mass is 10.2. The van der Waals surface area contributed by atoms with Gasteiger partial charge in [0.2, 0.25) is 0 Å². The SMILES string of the molecule is CCCNCC(C)Oc1ccc(Cl)c(C)c1. The van der Waals surface area contributed by atoms with E-state index in [1.54, 1.807) is 0 Å². The van der Waals surface area contributed by atoms with Gasteiger partial charge in [0.1, 0.15) is 11.9 Å².